The molecule has 2 aromatic carbocycles. The number of carbonyl (C=O) groups is 1. The van der Waals surface area contributed by atoms with Crippen LogP contribution in [0.1, 0.15) is 53.4 Å². The Balaban J connectivity index is 2.22. The molecular weight excluding hydrogens is 460 g/mol. The van der Waals surface area contributed by atoms with Gasteiger partial charge in [-0.3, -0.25) is 0 Å². The van der Waals surface area contributed by atoms with Crippen molar-refractivity contribution in [2.24, 2.45) is 10.3 Å². The zero-order valence-electron chi connectivity index (χ0n) is 19.2. The minimum atomic E-state index is -0.798. The summed E-state index contributed by atoms with van der Waals surface area (Å²) >= 11 is 6.20. The summed E-state index contributed by atoms with van der Waals surface area (Å²) in [5.41, 5.74) is 2.80. The summed E-state index contributed by atoms with van der Waals surface area (Å²) in [7, 11) is 2.90. The fourth-order valence-electron chi connectivity index (χ4n) is 3.67. The number of oxime groups is 2. The van der Waals surface area contributed by atoms with E-state index in [1.165, 1.54) is 26.4 Å². The van der Waals surface area contributed by atoms with Crippen LogP contribution in [0, 0.1) is 0 Å². The van der Waals surface area contributed by atoms with E-state index in [0.717, 1.165) is 5.57 Å². The third-order valence-electron chi connectivity index (χ3n) is 5.25. The van der Waals surface area contributed by atoms with Gasteiger partial charge in [0.25, 0.3) is 0 Å². The lowest BCUT2D eigenvalue weighted by Gasteiger charge is -2.26. The SMILES string of the molecule is COc1cc([C@H](CC=C(C)C)OC(=O)c2ccccc2Cl)c(OC)c2c1/C(=N/O)C=C/C2=N\O. The van der Waals surface area contributed by atoms with E-state index in [2.05, 4.69) is 10.3 Å². The smallest absolute Gasteiger partial charge is 0.340 e. The summed E-state index contributed by atoms with van der Waals surface area (Å²) in [5, 5.41) is 26.1. The summed E-state index contributed by atoms with van der Waals surface area (Å²) in [4.78, 5) is 13.0. The Morgan fingerprint density at radius 1 is 1.06 bits per heavy atom. The predicted octanol–water partition coefficient (Wildman–Crippen LogP) is 5.54. The van der Waals surface area contributed by atoms with Crippen molar-refractivity contribution in [1.82, 2.24) is 0 Å². The Morgan fingerprint density at radius 3 is 2.26 bits per heavy atom. The van der Waals surface area contributed by atoms with Crippen LogP contribution in [-0.2, 0) is 4.74 Å². The maximum Gasteiger partial charge on any atom is 0.340 e. The number of methoxy groups -OCH3 is 2. The maximum absolute atomic E-state index is 13.0. The molecule has 1 aliphatic carbocycles. The molecular formula is C25H25ClN2O6. The molecule has 0 aromatic heterocycles. The molecule has 1 aliphatic rings. The molecule has 0 amide bonds. The van der Waals surface area contributed by atoms with Crippen LogP contribution in [-0.4, -0.2) is 42.0 Å². The summed E-state index contributed by atoms with van der Waals surface area (Å²) in [6.45, 7) is 3.87. The van der Waals surface area contributed by atoms with Gasteiger partial charge in [0.2, 0.25) is 0 Å². The van der Waals surface area contributed by atoms with Crippen molar-refractivity contribution in [2.45, 2.75) is 26.4 Å². The zero-order valence-corrected chi connectivity index (χ0v) is 20.0. The molecule has 1 atom stereocenters. The fourth-order valence-corrected chi connectivity index (χ4v) is 3.88. The van der Waals surface area contributed by atoms with Crippen LogP contribution < -0.4 is 9.47 Å². The first-order valence-electron chi connectivity index (χ1n) is 10.4. The minimum Gasteiger partial charge on any atom is -0.496 e. The van der Waals surface area contributed by atoms with Gasteiger partial charge in [0.15, 0.2) is 0 Å². The van der Waals surface area contributed by atoms with Crippen molar-refractivity contribution >= 4 is 29.0 Å². The van der Waals surface area contributed by atoms with Crippen molar-refractivity contribution in [3.8, 4) is 11.5 Å². The van der Waals surface area contributed by atoms with E-state index < -0.39 is 12.1 Å². The van der Waals surface area contributed by atoms with Crippen molar-refractivity contribution in [3.05, 3.63) is 81.4 Å². The number of fused-ring (bicyclic) bond motifs is 1. The average Bonchev–Trinajstić information content (AvgIpc) is 2.84. The second-order valence-corrected chi connectivity index (χ2v) is 8.05. The van der Waals surface area contributed by atoms with E-state index in [0.29, 0.717) is 28.9 Å². The largest absolute Gasteiger partial charge is 0.496 e. The predicted molar refractivity (Wildman–Crippen MR) is 129 cm³/mol. The monoisotopic (exact) mass is 484 g/mol. The van der Waals surface area contributed by atoms with Crippen molar-refractivity contribution < 1.29 is 29.4 Å². The number of allylic oxidation sites excluding steroid dienone is 3. The summed E-state index contributed by atoms with van der Waals surface area (Å²) in [6, 6.07) is 8.26. The first-order valence-corrected chi connectivity index (χ1v) is 10.7. The highest BCUT2D eigenvalue weighted by Gasteiger charge is 2.32. The van der Waals surface area contributed by atoms with Gasteiger partial charge in [-0.15, -0.1) is 0 Å². The lowest BCUT2D eigenvalue weighted by molar-refractivity contribution is 0.0297. The number of rotatable bonds is 7. The second-order valence-electron chi connectivity index (χ2n) is 7.65. The van der Waals surface area contributed by atoms with E-state index in [1.807, 2.05) is 19.9 Å². The van der Waals surface area contributed by atoms with Gasteiger partial charge in [-0.2, -0.15) is 0 Å². The zero-order chi connectivity index (χ0) is 24.8. The molecule has 2 N–H and O–H groups in total. The van der Waals surface area contributed by atoms with Gasteiger partial charge in [0, 0.05) is 12.0 Å². The van der Waals surface area contributed by atoms with E-state index >= 15 is 0 Å². The Morgan fingerprint density at radius 2 is 1.71 bits per heavy atom. The van der Waals surface area contributed by atoms with Crippen LogP contribution >= 0.6 is 11.6 Å². The minimum absolute atomic E-state index is 0.165. The molecule has 0 saturated carbocycles. The molecule has 9 heteroatoms. The van der Waals surface area contributed by atoms with Gasteiger partial charge in [-0.05, 0) is 44.2 Å². The first-order chi connectivity index (χ1) is 16.4. The molecule has 0 fully saturated rings. The summed E-state index contributed by atoms with van der Waals surface area (Å²) < 4.78 is 17.2. The van der Waals surface area contributed by atoms with E-state index in [9.17, 15) is 15.2 Å². The summed E-state index contributed by atoms with van der Waals surface area (Å²) in [5.74, 6) is -0.00152. The molecule has 34 heavy (non-hydrogen) atoms. The topological polar surface area (TPSA) is 110 Å². The van der Waals surface area contributed by atoms with Crippen molar-refractivity contribution in [1.29, 1.82) is 0 Å². The van der Waals surface area contributed by atoms with Gasteiger partial charge >= 0.3 is 5.97 Å². The molecule has 0 bridgehead atoms. The molecule has 8 nitrogen and oxygen atoms in total. The molecule has 2 aromatic rings. The Hall–Kier alpha value is -3.78. The lowest BCUT2D eigenvalue weighted by Crippen LogP contribution is -2.20. The second kappa shape index (κ2) is 10.9. The fraction of sp³-hybridized carbons (Fsp3) is 0.240. The quantitative estimate of drug-likeness (QED) is 0.231. The van der Waals surface area contributed by atoms with Crippen LogP contribution in [0.5, 0.6) is 11.5 Å². The Kier molecular flexibility index (Phi) is 7.96. The number of hydrogen-bond acceptors (Lipinski definition) is 8. The van der Waals surface area contributed by atoms with Gasteiger partial charge < -0.3 is 24.6 Å². The molecule has 0 radical (unpaired) electrons. The highest BCUT2D eigenvalue weighted by atomic mass is 35.5. The molecule has 0 aliphatic heterocycles. The van der Waals surface area contributed by atoms with Crippen LogP contribution in [0.4, 0.5) is 0 Å². The standard InChI is InChI=1S/C25H25ClN2O6/c1-14(2)9-12-20(34-25(29)15-7-5-6-8-17(15)26)16-13-21(32-3)22-18(27-30)10-11-19(28-31)23(22)24(16)33-4/h5-11,13,20,30-31H,12H2,1-4H3/b27-18+,28-19+/t20-/m0/s1. The number of nitrogens with zero attached hydrogens (tertiary/aromatic N) is 2. The van der Waals surface area contributed by atoms with Gasteiger partial charge in [0.1, 0.15) is 29.0 Å². The third-order valence-corrected chi connectivity index (χ3v) is 5.58. The molecule has 0 spiro atoms. The molecule has 0 unspecified atom stereocenters. The Labute approximate surface area is 202 Å². The highest BCUT2D eigenvalue weighted by molar-refractivity contribution is 6.33. The number of hydrogen-bond donors (Lipinski definition) is 2. The molecule has 0 heterocycles. The maximum atomic E-state index is 13.0. The number of carbonyl (C=O) groups excluding carboxylic acids is 1. The number of halogens is 1. The van der Waals surface area contributed by atoms with E-state index in [4.69, 9.17) is 25.8 Å². The van der Waals surface area contributed by atoms with E-state index in [1.54, 1.807) is 30.3 Å². The van der Waals surface area contributed by atoms with E-state index in [-0.39, 0.29) is 27.8 Å². The normalized spacial score (nSPS) is 15.6. The molecule has 3 rings (SSSR count). The highest BCUT2D eigenvalue weighted by Crippen LogP contribution is 2.42. The Bertz CT molecular complexity index is 1210. The van der Waals surface area contributed by atoms with Crippen molar-refractivity contribution in [2.75, 3.05) is 14.2 Å². The van der Waals surface area contributed by atoms with Gasteiger partial charge in [-0.25, -0.2) is 4.79 Å². The number of benzene rings is 2. The van der Waals surface area contributed by atoms with Crippen LogP contribution in [0.2, 0.25) is 5.02 Å². The van der Waals surface area contributed by atoms with Crippen LogP contribution in [0.25, 0.3) is 0 Å². The first kappa shape index (κ1) is 24.9. The average molecular weight is 485 g/mol. The number of ether oxygens (including phenoxy) is 3. The third kappa shape index (κ3) is 4.92. The lowest BCUT2D eigenvalue weighted by atomic mass is 9.88. The number of esters is 1. The molecule has 0 saturated heterocycles. The summed E-state index contributed by atoms with van der Waals surface area (Å²) in [6.07, 6.45) is 4.42. The van der Waals surface area contributed by atoms with Crippen LogP contribution in [0.15, 0.2) is 64.4 Å². The van der Waals surface area contributed by atoms with Gasteiger partial charge in [0.05, 0.1) is 35.9 Å². The molecule has 178 valence electrons. The van der Waals surface area contributed by atoms with Crippen LogP contribution in [0.3, 0.4) is 0 Å². The van der Waals surface area contributed by atoms with Crippen molar-refractivity contribution in [3.63, 3.8) is 0 Å². The van der Waals surface area contributed by atoms with Gasteiger partial charge in [-0.1, -0.05) is 45.7 Å².